The van der Waals surface area contributed by atoms with Crippen LogP contribution in [0, 0.1) is 18.8 Å². The number of carbonyl (C=O) groups excluding carboxylic acids is 2. The van der Waals surface area contributed by atoms with Crippen molar-refractivity contribution in [1.82, 2.24) is 34.6 Å². The standard InChI is InChI=1S/C25H28N8O3S/c1-15-21(5-16(6-27-15)23(34)26-3-4-32-10-18-13-36-14-19(18)11-32)30-24(35)20-8-29-33-12-22(37-25(20)33)17-7-28-31(2)9-17/h5-9,12,18-19H,3-4,10-11,13-14H2,1-2H3,(H,26,34)(H,30,35). The summed E-state index contributed by atoms with van der Waals surface area (Å²) in [6, 6.07) is 1.67. The van der Waals surface area contributed by atoms with Crippen LogP contribution in [0.3, 0.4) is 0 Å². The lowest BCUT2D eigenvalue weighted by Gasteiger charge is -2.17. The van der Waals surface area contributed by atoms with Crippen LogP contribution in [0.25, 0.3) is 15.3 Å². The zero-order chi connectivity index (χ0) is 25.5. The van der Waals surface area contributed by atoms with Crippen LogP contribution < -0.4 is 10.6 Å². The van der Waals surface area contributed by atoms with E-state index < -0.39 is 0 Å². The molecule has 2 atom stereocenters. The molecule has 0 saturated carbocycles. The number of aryl methyl sites for hydroxylation is 2. The summed E-state index contributed by atoms with van der Waals surface area (Å²) < 4.78 is 8.96. The summed E-state index contributed by atoms with van der Waals surface area (Å²) in [5.41, 5.74) is 2.94. The Hall–Kier alpha value is -3.61. The van der Waals surface area contributed by atoms with Gasteiger partial charge < -0.3 is 20.3 Å². The van der Waals surface area contributed by atoms with Gasteiger partial charge in [0.05, 0.1) is 53.0 Å². The lowest BCUT2D eigenvalue weighted by molar-refractivity contribution is 0.0945. The number of thiazole rings is 1. The molecule has 0 spiro atoms. The van der Waals surface area contributed by atoms with Gasteiger partial charge in [-0.25, -0.2) is 4.52 Å². The number of nitrogens with zero attached hydrogens (tertiary/aromatic N) is 6. The maximum Gasteiger partial charge on any atom is 0.260 e. The molecule has 2 aliphatic heterocycles. The Labute approximate surface area is 217 Å². The van der Waals surface area contributed by atoms with Gasteiger partial charge in [0.25, 0.3) is 11.8 Å². The number of fused-ring (bicyclic) bond motifs is 2. The van der Waals surface area contributed by atoms with Crippen LogP contribution in [0.4, 0.5) is 5.69 Å². The first-order chi connectivity index (χ1) is 17.9. The third kappa shape index (κ3) is 4.75. The summed E-state index contributed by atoms with van der Waals surface area (Å²) in [6.07, 6.45) is 8.67. The lowest BCUT2D eigenvalue weighted by atomic mass is 10.0. The number of ether oxygens (including phenoxy) is 1. The number of hydrogen-bond donors (Lipinski definition) is 2. The Morgan fingerprint density at radius 2 is 1.92 bits per heavy atom. The molecule has 0 aromatic carbocycles. The van der Waals surface area contributed by atoms with Crippen molar-refractivity contribution in [2.75, 3.05) is 44.7 Å². The Kier molecular flexibility index (Phi) is 6.22. The molecule has 6 heterocycles. The van der Waals surface area contributed by atoms with Gasteiger partial charge in [0, 0.05) is 69.2 Å². The van der Waals surface area contributed by atoms with Crippen LogP contribution in [-0.4, -0.2) is 80.5 Å². The first-order valence-corrected chi connectivity index (χ1v) is 13.1. The highest BCUT2D eigenvalue weighted by Crippen LogP contribution is 2.31. The number of anilines is 1. The molecule has 2 amide bonds. The van der Waals surface area contributed by atoms with Gasteiger partial charge in [0.15, 0.2) is 0 Å². The highest BCUT2D eigenvalue weighted by molar-refractivity contribution is 7.21. The first-order valence-electron chi connectivity index (χ1n) is 12.3. The number of nitrogens with one attached hydrogen (secondary N) is 2. The van der Waals surface area contributed by atoms with E-state index in [0.29, 0.717) is 40.9 Å². The zero-order valence-corrected chi connectivity index (χ0v) is 21.5. The second-order valence-corrected chi connectivity index (χ2v) is 10.7. The Morgan fingerprint density at radius 1 is 1.11 bits per heavy atom. The second kappa shape index (κ2) is 9.69. The quantitative estimate of drug-likeness (QED) is 0.383. The van der Waals surface area contributed by atoms with E-state index in [1.807, 2.05) is 19.4 Å². The van der Waals surface area contributed by atoms with Crippen LogP contribution in [-0.2, 0) is 11.8 Å². The highest BCUT2D eigenvalue weighted by atomic mass is 32.1. The minimum Gasteiger partial charge on any atom is -0.381 e. The summed E-state index contributed by atoms with van der Waals surface area (Å²) in [4.78, 5) is 34.4. The Balaban J connectivity index is 1.10. The molecule has 4 aromatic rings. The van der Waals surface area contributed by atoms with Crippen molar-refractivity contribution in [3.05, 3.63) is 53.9 Å². The molecule has 6 rings (SSSR count). The molecule has 2 fully saturated rings. The number of pyridine rings is 1. The van der Waals surface area contributed by atoms with Crippen molar-refractivity contribution in [2.24, 2.45) is 18.9 Å². The lowest BCUT2D eigenvalue weighted by Crippen LogP contribution is -2.34. The topological polar surface area (TPSA) is 119 Å². The van der Waals surface area contributed by atoms with E-state index in [9.17, 15) is 9.59 Å². The maximum atomic E-state index is 13.2. The SMILES string of the molecule is Cc1ncc(C(=O)NCCN2CC3COCC3C2)cc1NC(=O)c1cnn2cc(-c3cnn(C)c3)sc12. The zero-order valence-electron chi connectivity index (χ0n) is 20.7. The smallest absolute Gasteiger partial charge is 0.260 e. The largest absolute Gasteiger partial charge is 0.381 e. The molecule has 2 saturated heterocycles. The van der Waals surface area contributed by atoms with Crippen molar-refractivity contribution in [3.63, 3.8) is 0 Å². The third-order valence-electron chi connectivity index (χ3n) is 7.06. The fourth-order valence-corrected chi connectivity index (χ4v) is 6.03. The predicted molar refractivity (Wildman–Crippen MR) is 139 cm³/mol. The van der Waals surface area contributed by atoms with Crippen LogP contribution in [0.2, 0.25) is 0 Å². The molecule has 12 heteroatoms. The van der Waals surface area contributed by atoms with Crippen molar-refractivity contribution < 1.29 is 14.3 Å². The minimum atomic E-state index is -0.305. The van der Waals surface area contributed by atoms with Crippen LogP contribution in [0.15, 0.2) is 37.1 Å². The van der Waals surface area contributed by atoms with Crippen molar-refractivity contribution in [2.45, 2.75) is 6.92 Å². The molecule has 2 N–H and O–H groups in total. The van der Waals surface area contributed by atoms with Crippen molar-refractivity contribution in [1.29, 1.82) is 0 Å². The van der Waals surface area contributed by atoms with Gasteiger partial charge in [-0.15, -0.1) is 11.3 Å². The van der Waals surface area contributed by atoms with Gasteiger partial charge >= 0.3 is 0 Å². The Morgan fingerprint density at radius 3 is 2.68 bits per heavy atom. The first kappa shape index (κ1) is 23.8. The molecule has 192 valence electrons. The summed E-state index contributed by atoms with van der Waals surface area (Å²) in [5.74, 6) is 0.728. The average molecular weight is 521 g/mol. The van der Waals surface area contributed by atoms with Gasteiger partial charge in [-0.1, -0.05) is 0 Å². The monoisotopic (exact) mass is 520 g/mol. The molecular formula is C25H28N8O3S. The van der Waals surface area contributed by atoms with Crippen LogP contribution >= 0.6 is 11.3 Å². The van der Waals surface area contributed by atoms with E-state index in [-0.39, 0.29) is 11.8 Å². The number of aromatic nitrogens is 5. The summed E-state index contributed by atoms with van der Waals surface area (Å²) in [7, 11) is 1.86. The van der Waals surface area contributed by atoms with Gasteiger partial charge in [0.2, 0.25) is 0 Å². The van der Waals surface area contributed by atoms with E-state index in [1.54, 1.807) is 34.6 Å². The second-order valence-electron chi connectivity index (χ2n) is 9.69. The minimum absolute atomic E-state index is 0.210. The van der Waals surface area contributed by atoms with Crippen LogP contribution in [0.1, 0.15) is 26.4 Å². The van der Waals surface area contributed by atoms with Gasteiger partial charge in [-0.3, -0.25) is 19.3 Å². The van der Waals surface area contributed by atoms with Crippen LogP contribution in [0.5, 0.6) is 0 Å². The molecule has 2 unspecified atom stereocenters. The molecule has 0 bridgehead atoms. The fourth-order valence-electron chi connectivity index (χ4n) is 4.99. The molecule has 4 aromatic heterocycles. The average Bonchev–Trinajstić information content (AvgIpc) is 3.66. The van der Waals surface area contributed by atoms with E-state index in [4.69, 9.17) is 4.74 Å². The summed E-state index contributed by atoms with van der Waals surface area (Å²) >= 11 is 1.47. The number of likely N-dealkylation sites (tertiary alicyclic amines) is 1. The summed E-state index contributed by atoms with van der Waals surface area (Å²) in [6.45, 7) is 6.91. The predicted octanol–water partition coefficient (Wildman–Crippen LogP) is 2.06. The molecule has 11 nitrogen and oxygen atoms in total. The maximum absolute atomic E-state index is 13.2. The molecule has 0 aliphatic carbocycles. The van der Waals surface area contributed by atoms with E-state index >= 15 is 0 Å². The number of carbonyl (C=O) groups is 2. The summed E-state index contributed by atoms with van der Waals surface area (Å²) in [5, 5.41) is 14.4. The number of rotatable bonds is 7. The molecule has 2 aliphatic rings. The van der Waals surface area contributed by atoms with E-state index in [1.165, 1.54) is 17.5 Å². The third-order valence-corrected chi connectivity index (χ3v) is 8.22. The van der Waals surface area contributed by atoms with Crippen molar-refractivity contribution in [3.8, 4) is 10.4 Å². The van der Waals surface area contributed by atoms with Gasteiger partial charge in [-0.05, 0) is 13.0 Å². The van der Waals surface area contributed by atoms with E-state index in [0.717, 1.165) is 48.1 Å². The van der Waals surface area contributed by atoms with Gasteiger partial charge in [0.1, 0.15) is 4.83 Å². The number of hydrogen-bond acceptors (Lipinski definition) is 8. The Bertz CT molecular complexity index is 1460. The number of amides is 2. The molecule has 0 radical (unpaired) electrons. The molecular weight excluding hydrogens is 492 g/mol. The molecule has 37 heavy (non-hydrogen) atoms. The van der Waals surface area contributed by atoms with E-state index in [2.05, 4.69) is 30.7 Å². The highest BCUT2D eigenvalue weighted by Gasteiger charge is 2.36. The normalized spacial score (nSPS) is 19.4. The fraction of sp³-hybridized carbons (Fsp3) is 0.400. The van der Waals surface area contributed by atoms with Crippen molar-refractivity contribution >= 4 is 33.7 Å². The van der Waals surface area contributed by atoms with Gasteiger partial charge in [-0.2, -0.15) is 10.2 Å².